The number of likely N-dealkylation sites (N-methyl/N-ethyl adjacent to an activating group) is 1. The summed E-state index contributed by atoms with van der Waals surface area (Å²) in [5, 5.41) is 0. The second-order valence-electron chi connectivity index (χ2n) is 7.12. The Morgan fingerprint density at radius 1 is 1.27 bits per heavy atom. The van der Waals surface area contributed by atoms with Crippen LogP contribution in [0.2, 0.25) is 0 Å². The summed E-state index contributed by atoms with van der Waals surface area (Å²) in [6, 6.07) is 12.2. The predicted octanol–water partition coefficient (Wildman–Crippen LogP) is 1.85. The first-order valence-corrected chi connectivity index (χ1v) is 9.03. The maximum atomic E-state index is 12.6. The molecular formula is C20H26N4O2. The molecule has 1 aromatic heterocycles. The smallest absolute Gasteiger partial charge is 0.348 e. The van der Waals surface area contributed by atoms with Crippen LogP contribution in [0, 0.1) is 19.8 Å². The van der Waals surface area contributed by atoms with Gasteiger partial charge in [0, 0.05) is 43.8 Å². The van der Waals surface area contributed by atoms with E-state index in [1.165, 1.54) is 10.3 Å². The van der Waals surface area contributed by atoms with Gasteiger partial charge in [0.2, 0.25) is 5.91 Å². The van der Waals surface area contributed by atoms with Crippen LogP contribution in [-0.4, -0.2) is 47.0 Å². The van der Waals surface area contributed by atoms with E-state index in [4.69, 9.17) is 0 Å². The molecule has 1 atom stereocenters. The fourth-order valence-corrected chi connectivity index (χ4v) is 3.57. The van der Waals surface area contributed by atoms with Crippen LogP contribution in [0.15, 0.2) is 41.2 Å². The molecular weight excluding hydrogens is 328 g/mol. The lowest BCUT2D eigenvalue weighted by atomic mass is 10.1. The van der Waals surface area contributed by atoms with Crippen molar-refractivity contribution in [2.45, 2.75) is 26.8 Å². The van der Waals surface area contributed by atoms with Gasteiger partial charge >= 0.3 is 5.69 Å². The van der Waals surface area contributed by atoms with E-state index < -0.39 is 0 Å². The Labute approximate surface area is 154 Å². The lowest BCUT2D eigenvalue weighted by Crippen LogP contribution is -2.38. The van der Waals surface area contributed by atoms with Crippen molar-refractivity contribution in [1.29, 1.82) is 0 Å². The Balaban J connectivity index is 1.58. The lowest BCUT2D eigenvalue weighted by molar-refractivity contribution is -0.131. The Bertz CT molecular complexity index is 831. The molecule has 1 aromatic carbocycles. The quantitative estimate of drug-likeness (QED) is 0.822. The number of carbonyl (C=O) groups excluding carboxylic acids is 1. The first-order chi connectivity index (χ1) is 12.4. The largest absolute Gasteiger partial charge is 0.371 e. The molecule has 3 rings (SSSR count). The van der Waals surface area contributed by atoms with Gasteiger partial charge in [0.05, 0.1) is 0 Å². The number of para-hydroxylation sites is 1. The number of aromatic nitrogens is 2. The molecule has 0 radical (unpaired) electrons. The summed E-state index contributed by atoms with van der Waals surface area (Å²) in [5.74, 6) is 0.386. The van der Waals surface area contributed by atoms with E-state index in [-0.39, 0.29) is 18.1 Å². The second kappa shape index (κ2) is 7.72. The van der Waals surface area contributed by atoms with Crippen LogP contribution < -0.4 is 10.6 Å². The maximum absolute atomic E-state index is 12.6. The number of nitrogens with zero attached hydrogens (tertiary/aromatic N) is 4. The fraction of sp³-hybridized carbons (Fsp3) is 0.450. The summed E-state index contributed by atoms with van der Waals surface area (Å²) < 4.78 is 1.44. The first-order valence-electron chi connectivity index (χ1n) is 9.03. The van der Waals surface area contributed by atoms with E-state index >= 15 is 0 Å². The van der Waals surface area contributed by atoms with Crippen molar-refractivity contribution in [1.82, 2.24) is 14.5 Å². The highest BCUT2D eigenvalue weighted by molar-refractivity contribution is 5.75. The van der Waals surface area contributed by atoms with Gasteiger partial charge in [-0.2, -0.15) is 4.98 Å². The van der Waals surface area contributed by atoms with Crippen molar-refractivity contribution in [3.8, 4) is 0 Å². The summed E-state index contributed by atoms with van der Waals surface area (Å²) in [6.07, 6.45) is 1.07. The van der Waals surface area contributed by atoms with Crippen molar-refractivity contribution in [3.63, 3.8) is 0 Å². The maximum Gasteiger partial charge on any atom is 0.348 e. The average molecular weight is 354 g/mol. The van der Waals surface area contributed by atoms with Crippen molar-refractivity contribution in [2.75, 3.05) is 31.6 Å². The van der Waals surface area contributed by atoms with Crippen LogP contribution in [0.1, 0.15) is 17.8 Å². The molecule has 1 saturated heterocycles. The van der Waals surface area contributed by atoms with Crippen molar-refractivity contribution in [3.05, 3.63) is 58.3 Å². The van der Waals surface area contributed by atoms with Crippen LogP contribution in [-0.2, 0) is 11.3 Å². The molecule has 0 N–H and O–H groups in total. The molecule has 6 heteroatoms. The summed E-state index contributed by atoms with van der Waals surface area (Å²) in [7, 11) is 1.81. The third-order valence-electron chi connectivity index (χ3n) is 5.00. The number of hydrogen-bond acceptors (Lipinski definition) is 4. The van der Waals surface area contributed by atoms with Gasteiger partial charge in [0.15, 0.2) is 0 Å². The van der Waals surface area contributed by atoms with E-state index in [0.717, 1.165) is 25.2 Å². The van der Waals surface area contributed by atoms with Gasteiger partial charge in [0.25, 0.3) is 0 Å². The fourth-order valence-electron chi connectivity index (χ4n) is 3.57. The van der Waals surface area contributed by atoms with Crippen LogP contribution >= 0.6 is 0 Å². The van der Waals surface area contributed by atoms with Gasteiger partial charge in [-0.05, 0) is 44.4 Å². The van der Waals surface area contributed by atoms with Gasteiger partial charge in [-0.3, -0.25) is 9.36 Å². The molecule has 0 unspecified atom stereocenters. The van der Waals surface area contributed by atoms with Crippen LogP contribution in [0.4, 0.5) is 5.69 Å². The molecule has 26 heavy (non-hydrogen) atoms. The van der Waals surface area contributed by atoms with Crippen molar-refractivity contribution < 1.29 is 4.79 Å². The highest BCUT2D eigenvalue weighted by Gasteiger charge is 2.25. The van der Waals surface area contributed by atoms with Gasteiger partial charge < -0.3 is 9.80 Å². The molecule has 1 amide bonds. The topological polar surface area (TPSA) is 58.4 Å². The Kier molecular flexibility index (Phi) is 5.40. The summed E-state index contributed by atoms with van der Waals surface area (Å²) in [6.45, 7) is 6.33. The Morgan fingerprint density at radius 3 is 2.69 bits per heavy atom. The molecule has 0 spiro atoms. The minimum absolute atomic E-state index is 0.0452. The van der Waals surface area contributed by atoms with E-state index in [1.807, 2.05) is 38.2 Å². The standard InChI is InChI=1S/C20H26N4O2/c1-15-11-16(2)24(20(26)21-15)14-19(25)22(3)12-17-9-10-23(13-17)18-7-5-4-6-8-18/h4-8,11,17H,9-10,12-14H2,1-3H3/t17-/m1/s1. The lowest BCUT2D eigenvalue weighted by Gasteiger charge is -2.23. The van der Waals surface area contributed by atoms with Crippen molar-refractivity contribution in [2.24, 2.45) is 5.92 Å². The monoisotopic (exact) mass is 354 g/mol. The number of benzene rings is 1. The SMILES string of the molecule is Cc1cc(C)n(CC(=O)N(C)C[C@H]2CCN(c3ccccc3)C2)c(=O)n1. The van der Waals surface area contributed by atoms with Gasteiger partial charge in [-0.15, -0.1) is 0 Å². The third kappa shape index (κ3) is 4.12. The number of aryl methyl sites for hydroxylation is 2. The molecule has 0 aliphatic carbocycles. The van der Waals surface area contributed by atoms with E-state index in [2.05, 4.69) is 22.0 Å². The van der Waals surface area contributed by atoms with Crippen LogP contribution in [0.25, 0.3) is 0 Å². The Morgan fingerprint density at radius 2 is 2.00 bits per heavy atom. The molecule has 0 saturated carbocycles. The number of rotatable bonds is 5. The molecule has 6 nitrogen and oxygen atoms in total. The van der Waals surface area contributed by atoms with E-state index in [1.54, 1.807) is 11.8 Å². The molecule has 0 bridgehead atoms. The minimum Gasteiger partial charge on any atom is -0.371 e. The zero-order chi connectivity index (χ0) is 18.7. The highest BCUT2D eigenvalue weighted by atomic mass is 16.2. The predicted molar refractivity (Wildman–Crippen MR) is 102 cm³/mol. The summed E-state index contributed by atoms with van der Waals surface area (Å²) in [4.78, 5) is 32.6. The molecule has 1 aliphatic heterocycles. The number of carbonyl (C=O) groups is 1. The summed E-state index contributed by atoms with van der Waals surface area (Å²) >= 11 is 0. The number of amides is 1. The van der Waals surface area contributed by atoms with Gasteiger partial charge in [-0.1, -0.05) is 18.2 Å². The number of hydrogen-bond donors (Lipinski definition) is 0. The minimum atomic E-state index is -0.361. The average Bonchev–Trinajstić information content (AvgIpc) is 3.07. The third-order valence-corrected chi connectivity index (χ3v) is 5.00. The molecule has 2 aromatic rings. The number of anilines is 1. The van der Waals surface area contributed by atoms with E-state index in [0.29, 0.717) is 18.2 Å². The summed E-state index contributed by atoms with van der Waals surface area (Å²) in [5.41, 5.74) is 2.31. The van der Waals surface area contributed by atoms with Crippen LogP contribution in [0.3, 0.4) is 0 Å². The van der Waals surface area contributed by atoms with Gasteiger partial charge in [0.1, 0.15) is 6.54 Å². The normalized spacial score (nSPS) is 16.7. The highest BCUT2D eigenvalue weighted by Crippen LogP contribution is 2.23. The molecule has 1 fully saturated rings. The zero-order valence-corrected chi connectivity index (χ0v) is 15.7. The Hall–Kier alpha value is -2.63. The van der Waals surface area contributed by atoms with Crippen LogP contribution in [0.5, 0.6) is 0 Å². The molecule has 1 aliphatic rings. The zero-order valence-electron chi connectivity index (χ0n) is 15.7. The molecule has 138 valence electrons. The molecule has 2 heterocycles. The van der Waals surface area contributed by atoms with Crippen molar-refractivity contribution >= 4 is 11.6 Å². The second-order valence-corrected chi connectivity index (χ2v) is 7.12. The van der Waals surface area contributed by atoms with Gasteiger partial charge in [-0.25, -0.2) is 4.79 Å². The van der Waals surface area contributed by atoms with E-state index in [9.17, 15) is 9.59 Å². The first kappa shape index (κ1) is 18.2.